The maximum Gasteiger partial charge on any atom is 0.229 e. The van der Waals surface area contributed by atoms with Crippen molar-refractivity contribution in [2.24, 2.45) is 0 Å². The summed E-state index contributed by atoms with van der Waals surface area (Å²) in [7, 11) is -3.23. The van der Waals surface area contributed by atoms with E-state index in [1.807, 2.05) is 12.1 Å². The van der Waals surface area contributed by atoms with E-state index in [4.69, 9.17) is 0 Å². The molecular formula is C15H17BrN2O2S. The monoisotopic (exact) mass is 368 g/mol. The summed E-state index contributed by atoms with van der Waals surface area (Å²) in [5, 5.41) is 3.30. The van der Waals surface area contributed by atoms with Crippen molar-refractivity contribution in [3.05, 3.63) is 58.1 Å². The summed E-state index contributed by atoms with van der Waals surface area (Å²) in [6.07, 6.45) is 1.13. The summed E-state index contributed by atoms with van der Waals surface area (Å²) in [5.41, 5.74) is 3.87. The van der Waals surface area contributed by atoms with E-state index in [1.165, 1.54) is 11.1 Å². The van der Waals surface area contributed by atoms with Gasteiger partial charge in [-0.15, -0.1) is 0 Å². The number of aryl methyl sites for hydroxylation is 1. The Balaban J connectivity index is 1.99. The number of anilines is 2. The van der Waals surface area contributed by atoms with Crippen LogP contribution in [0.1, 0.15) is 11.1 Å². The lowest BCUT2D eigenvalue weighted by Gasteiger charge is -2.09. The number of rotatable bonds is 5. The van der Waals surface area contributed by atoms with E-state index in [2.05, 4.69) is 51.1 Å². The van der Waals surface area contributed by atoms with Gasteiger partial charge in [0.05, 0.1) is 6.26 Å². The standard InChI is InChI=1S/C15H17BrN2O2S/c1-11-3-4-12(9-15(11)16)10-17-13-5-7-14(8-6-13)18-21(2,19)20/h3-9,17-18H,10H2,1-2H3. The average Bonchev–Trinajstić information content (AvgIpc) is 2.40. The van der Waals surface area contributed by atoms with Crippen LogP contribution in [0, 0.1) is 6.92 Å². The zero-order valence-corrected chi connectivity index (χ0v) is 14.3. The molecular weight excluding hydrogens is 352 g/mol. The molecule has 0 fully saturated rings. The molecule has 0 unspecified atom stereocenters. The molecule has 2 aromatic carbocycles. The third-order valence-corrected chi connectivity index (χ3v) is 4.38. The van der Waals surface area contributed by atoms with Crippen LogP contribution in [0.15, 0.2) is 46.9 Å². The van der Waals surface area contributed by atoms with Gasteiger partial charge in [-0.05, 0) is 48.4 Å². The van der Waals surface area contributed by atoms with Gasteiger partial charge in [-0.25, -0.2) is 8.42 Å². The van der Waals surface area contributed by atoms with Crippen molar-refractivity contribution in [1.29, 1.82) is 0 Å². The SMILES string of the molecule is Cc1ccc(CNc2ccc(NS(C)(=O)=O)cc2)cc1Br. The Morgan fingerprint density at radius 2 is 1.67 bits per heavy atom. The highest BCUT2D eigenvalue weighted by Gasteiger charge is 2.02. The number of halogens is 1. The molecule has 2 N–H and O–H groups in total. The Morgan fingerprint density at radius 3 is 2.24 bits per heavy atom. The normalized spacial score (nSPS) is 11.2. The Hall–Kier alpha value is -1.53. The van der Waals surface area contributed by atoms with E-state index in [-0.39, 0.29) is 0 Å². The van der Waals surface area contributed by atoms with Crippen LogP contribution < -0.4 is 10.0 Å². The first-order valence-electron chi connectivity index (χ1n) is 6.40. The zero-order valence-electron chi connectivity index (χ0n) is 11.9. The summed E-state index contributed by atoms with van der Waals surface area (Å²) in [6, 6.07) is 13.4. The van der Waals surface area contributed by atoms with Crippen molar-refractivity contribution < 1.29 is 8.42 Å². The van der Waals surface area contributed by atoms with Crippen LogP contribution in [0.4, 0.5) is 11.4 Å². The van der Waals surface area contributed by atoms with Crippen LogP contribution >= 0.6 is 15.9 Å². The van der Waals surface area contributed by atoms with Gasteiger partial charge in [0.25, 0.3) is 0 Å². The molecule has 0 aliphatic carbocycles. The van der Waals surface area contributed by atoms with E-state index >= 15 is 0 Å². The van der Waals surface area contributed by atoms with Gasteiger partial charge in [0.15, 0.2) is 0 Å². The fourth-order valence-electron chi connectivity index (χ4n) is 1.82. The smallest absolute Gasteiger partial charge is 0.229 e. The number of hydrogen-bond acceptors (Lipinski definition) is 3. The first-order chi connectivity index (χ1) is 9.83. The Bertz CT molecular complexity index is 728. The predicted octanol–water partition coefficient (Wildman–Crippen LogP) is 3.74. The summed E-state index contributed by atoms with van der Waals surface area (Å²) in [4.78, 5) is 0. The number of nitrogens with one attached hydrogen (secondary N) is 2. The van der Waals surface area contributed by atoms with Gasteiger partial charge >= 0.3 is 0 Å². The molecule has 6 heteroatoms. The maximum atomic E-state index is 11.1. The molecule has 0 radical (unpaired) electrons. The second kappa shape index (κ2) is 6.49. The van der Waals surface area contributed by atoms with Crippen LogP contribution in [0.25, 0.3) is 0 Å². The minimum Gasteiger partial charge on any atom is -0.381 e. The predicted molar refractivity (Wildman–Crippen MR) is 91.1 cm³/mol. The first kappa shape index (κ1) is 15.9. The molecule has 0 aliphatic rings. The average molecular weight is 369 g/mol. The maximum absolute atomic E-state index is 11.1. The topological polar surface area (TPSA) is 58.2 Å². The van der Waals surface area contributed by atoms with Gasteiger partial charge in [0.2, 0.25) is 10.0 Å². The molecule has 0 spiro atoms. The Kier molecular flexibility index (Phi) is 4.90. The van der Waals surface area contributed by atoms with Crippen molar-refractivity contribution in [3.8, 4) is 0 Å². The van der Waals surface area contributed by atoms with Crippen LogP contribution in [0.3, 0.4) is 0 Å². The van der Waals surface area contributed by atoms with Crippen LogP contribution in [-0.4, -0.2) is 14.7 Å². The Morgan fingerprint density at radius 1 is 1.05 bits per heavy atom. The Labute approximate surface area is 133 Å². The van der Waals surface area contributed by atoms with Crippen LogP contribution in [0.2, 0.25) is 0 Å². The van der Waals surface area contributed by atoms with Gasteiger partial charge in [-0.3, -0.25) is 4.72 Å². The van der Waals surface area contributed by atoms with E-state index < -0.39 is 10.0 Å². The molecule has 0 bridgehead atoms. The largest absolute Gasteiger partial charge is 0.381 e. The van der Waals surface area contributed by atoms with E-state index in [0.29, 0.717) is 12.2 Å². The summed E-state index contributed by atoms with van der Waals surface area (Å²) in [5.74, 6) is 0. The summed E-state index contributed by atoms with van der Waals surface area (Å²) < 4.78 is 25.8. The molecule has 0 amide bonds. The summed E-state index contributed by atoms with van der Waals surface area (Å²) >= 11 is 3.52. The van der Waals surface area contributed by atoms with Crippen molar-refractivity contribution in [3.63, 3.8) is 0 Å². The molecule has 0 aromatic heterocycles. The second-order valence-electron chi connectivity index (χ2n) is 4.89. The third kappa shape index (κ3) is 5.06. The minimum atomic E-state index is -3.23. The van der Waals surface area contributed by atoms with Gasteiger partial charge in [-0.2, -0.15) is 0 Å². The van der Waals surface area contributed by atoms with E-state index in [0.717, 1.165) is 16.4 Å². The molecule has 0 saturated carbocycles. The fourth-order valence-corrected chi connectivity index (χ4v) is 2.81. The molecule has 2 rings (SSSR count). The van der Waals surface area contributed by atoms with Gasteiger partial charge in [0, 0.05) is 22.4 Å². The van der Waals surface area contributed by atoms with Gasteiger partial charge in [-0.1, -0.05) is 28.1 Å². The van der Waals surface area contributed by atoms with Crippen LogP contribution in [-0.2, 0) is 16.6 Å². The molecule has 0 aliphatic heterocycles. The highest BCUT2D eigenvalue weighted by atomic mass is 79.9. The van der Waals surface area contributed by atoms with Crippen molar-refractivity contribution >= 4 is 37.3 Å². The zero-order chi connectivity index (χ0) is 15.5. The molecule has 0 saturated heterocycles. The molecule has 0 heterocycles. The quantitative estimate of drug-likeness (QED) is 0.844. The summed E-state index contributed by atoms with van der Waals surface area (Å²) in [6.45, 7) is 2.76. The third-order valence-electron chi connectivity index (χ3n) is 2.92. The van der Waals surface area contributed by atoms with Crippen molar-refractivity contribution in [1.82, 2.24) is 0 Å². The number of sulfonamides is 1. The fraction of sp³-hybridized carbons (Fsp3) is 0.200. The number of hydrogen-bond donors (Lipinski definition) is 2. The number of benzene rings is 2. The van der Waals surface area contributed by atoms with Gasteiger partial charge < -0.3 is 5.32 Å². The lowest BCUT2D eigenvalue weighted by atomic mass is 10.1. The van der Waals surface area contributed by atoms with E-state index in [1.54, 1.807) is 12.1 Å². The lowest BCUT2D eigenvalue weighted by molar-refractivity contribution is 0.607. The van der Waals surface area contributed by atoms with Gasteiger partial charge in [0.1, 0.15) is 0 Å². The van der Waals surface area contributed by atoms with E-state index in [9.17, 15) is 8.42 Å². The second-order valence-corrected chi connectivity index (χ2v) is 7.49. The highest BCUT2D eigenvalue weighted by molar-refractivity contribution is 9.10. The van der Waals surface area contributed by atoms with Crippen molar-refractivity contribution in [2.75, 3.05) is 16.3 Å². The molecule has 112 valence electrons. The highest BCUT2D eigenvalue weighted by Crippen LogP contribution is 2.19. The molecule has 2 aromatic rings. The van der Waals surface area contributed by atoms with Crippen molar-refractivity contribution in [2.45, 2.75) is 13.5 Å². The minimum absolute atomic E-state index is 0.557. The first-order valence-corrected chi connectivity index (χ1v) is 9.09. The molecule has 0 atom stereocenters. The lowest BCUT2D eigenvalue weighted by Crippen LogP contribution is -2.09. The van der Waals surface area contributed by atoms with Crippen LogP contribution in [0.5, 0.6) is 0 Å². The molecule has 4 nitrogen and oxygen atoms in total. The molecule has 21 heavy (non-hydrogen) atoms.